The van der Waals surface area contributed by atoms with Crippen LogP contribution in [-0.4, -0.2) is 16.1 Å². The summed E-state index contributed by atoms with van der Waals surface area (Å²) in [4.78, 5) is 0. The van der Waals surface area contributed by atoms with Crippen molar-refractivity contribution in [2.45, 2.75) is 69.6 Å². The molecule has 2 aliphatic carbocycles. The number of fused-ring (bicyclic) bond motifs is 2. The van der Waals surface area contributed by atoms with Gasteiger partial charge in [0.1, 0.15) is 0 Å². The number of hydrogen-bond acceptors (Lipinski definition) is 0. The summed E-state index contributed by atoms with van der Waals surface area (Å²) in [5.74, 6) is 0. The van der Waals surface area contributed by atoms with Crippen molar-refractivity contribution in [3.63, 3.8) is 0 Å². The second-order valence-electron chi connectivity index (χ2n) is 10.6. The zero-order valence-corrected chi connectivity index (χ0v) is 24.9. The fraction of sp³-hybridized carbons (Fsp3) is 0.429. The van der Waals surface area contributed by atoms with E-state index in [1.165, 1.54) is 24.9 Å². The second-order valence-corrected chi connectivity index (χ2v) is 25.1. The maximum Gasteiger partial charge on any atom is -1.00 e. The van der Waals surface area contributed by atoms with Crippen LogP contribution in [0.5, 0.6) is 0 Å². The molecule has 5 heteroatoms. The van der Waals surface area contributed by atoms with Gasteiger partial charge >= 0.3 is 200 Å². The third-order valence-electron chi connectivity index (χ3n) is 9.84. The first-order chi connectivity index (χ1) is 15.1. The van der Waals surface area contributed by atoms with Gasteiger partial charge in [0.25, 0.3) is 0 Å². The van der Waals surface area contributed by atoms with Crippen LogP contribution in [0.4, 0.5) is 0 Å². The Balaban J connectivity index is 0.00000130. The average molecular weight is 546 g/mol. The van der Waals surface area contributed by atoms with E-state index in [9.17, 15) is 0 Å². The Bertz CT molecular complexity index is 992. The molecule has 0 N–H and O–H groups in total. The Hall–Kier alpha value is -0.352. The summed E-state index contributed by atoms with van der Waals surface area (Å²) in [7, 11) is -2.69. The zero-order valence-electron chi connectivity index (χ0n) is 19.8. The van der Waals surface area contributed by atoms with Crippen molar-refractivity contribution >= 4 is 28.3 Å². The number of hydrogen-bond donors (Lipinski definition) is 0. The molecule has 0 spiro atoms. The molecule has 2 aromatic rings. The molecule has 172 valence electrons. The summed E-state index contributed by atoms with van der Waals surface area (Å²) >= 11 is -0.284. The first-order valence-electron chi connectivity index (χ1n) is 12.5. The van der Waals surface area contributed by atoms with E-state index < -0.39 is 16.1 Å². The maximum absolute atomic E-state index is 2.81. The minimum Gasteiger partial charge on any atom is -1.00 e. The van der Waals surface area contributed by atoms with Gasteiger partial charge in [-0.1, -0.05) is 0 Å². The van der Waals surface area contributed by atoms with Crippen molar-refractivity contribution < 1.29 is 44.0 Å². The Morgan fingerprint density at radius 2 is 1.06 bits per heavy atom. The quantitative estimate of drug-likeness (QED) is 0.486. The van der Waals surface area contributed by atoms with Crippen molar-refractivity contribution in [3.05, 3.63) is 82.9 Å². The maximum atomic E-state index is 2.81. The summed E-state index contributed by atoms with van der Waals surface area (Å²) in [5.41, 5.74) is 6.59. The van der Waals surface area contributed by atoms with E-state index in [-0.39, 0.29) is 44.0 Å². The molecule has 0 radical (unpaired) electrons. The standard InChI is InChI=1S/2C14H17Si.2ClH.Ti/c2*1-2-15(10-5-11-15)14-9-8-12-6-3-4-7-13(12)14;;;/h2*3-4,6-9H,2,5,10-11H2,1H3;2*1H;/q;;;;+2/p-2. The normalized spacial score (nSPS) is 28.9. The fourth-order valence-electron chi connectivity index (χ4n) is 7.59. The van der Waals surface area contributed by atoms with Crippen LogP contribution in [-0.2, 0) is 25.8 Å². The van der Waals surface area contributed by atoms with Gasteiger partial charge in [-0.25, -0.2) is 0 Å². The molecule has 2 heterocycles. The van der Waals surface area contributed by atoms with Gasteiger partial charge in [-0.2, -0.15) is 0 Å². The van der Waals surface area contributed by atoms with Crippen molar-refractivity contribution in [3.8, 4) is 0 Å². The van der Waals surface area contributed by atoms with Gasteiger partial charge in [0, 0.05) is 0 Å². The number of benzene rings is 2. The predicted octanol–water partition coefficient (Wildman–Crippen LogP) is 1.74. The predicted molar refractivity (Wildman–Crippen MR) is 135 cm³/mol. The summed E-state index contributed by atoms with van der Waals surface area (Å²) in [6.07, 6.45) is 13.7. The molecule has 4 aliphatic rings. The number of allylic oxidation sites excluding steroid dienone is 2. The fourth-order valence-corrected chi connectivity index (χ4v) is 28.4. The van der Waals surface area contributed by atoms with Crippen LogP contribution in [0.1, 0.15) is 48.9 Å². The molecule has 33 heavy (non-hydrogen) atoms. The second kappa shape index (κ2) is 9.26. The average Bonchev–Trinajstić information content (AvgIpc) is 3.29. The summed E-state index contributed by atoms with van der Waals surface area (Å²) in [5, 5.41) is 0. The van der Waals surface area contributed by atoms with E-state index in [1.54, 1.807) is 46.4 Å². The molecule has 2 unspecified atom stereocenters. The van der Waals surface area contributed by atoms with Crippen LogP contribution < -0.4 is 24.8 Å². The van der Waals surface area contributed by atoms with Gasteiger partial charge in [0.05, 0.1) is 0 Å². The van der Waals surface area contributed by atoms with Crippen LogP contribution in [0.25, 0.3) is 12.2 Å². The Morgan fingerprint density at radius 3 is 1.39 bits per heavy atom. The van der Waals surface area contributed by atoms with Gasteiger partial charge < -0.3 is 24.8 Å². The summed E-state index contributed by atoms with van der Waals surface area (Å²) in [6.45, 7) is 5.10. The van der Waals surface area contributed by atoms with Crippen LogP contribution in [0.15, 0.2) is 60.7 Å². The number of halogens is 2. The van der Waals surface area contributed by atoms with Gasteiger partial charge in [-0.15, -0.1) is 0 Å². The number of rotatable bonds is 6. The van der Waals surface area contributed by atoms with Crippen molar-refractivity contribution in [1.29, 1.82) is 0 Å². The first kappa shape index (κ1) is 25.7. The van der Waals surface area contributed by atoms with E-state index >= 15 is 0 Å². The largest absolute Gasteiger partial charge is 1.00 e. The third-order valence-corrected chi connectivity index (χ3v) is 30.6. The Labute approximate surface area is 223 Å². The van der Waals surface area contributed by atoms with Gasteiger partial charge in [-0.05, 0) is 0 Å². The van der Waals surface area contributed by atoms with Crippen LogP contribution in [0, 0.1) is 0 Å². The third kappa shape index (κ3) is 3.31. The van der Waals surface area contributed by atoms with Gasteiger partial charge in [-0.3, -0.25) is 0 Å². The smallest absolute Gasteiger partial charge is 1.00 e. The summed E-state index contributed by atoms with van der Waals surface area (Å²) in [6, 6.07) is 28.3. The molecule has 2 fully saturated rings. The van der Waals surface area contributed by atoms with E-state index in [2.05, 4.69) is 86.7 Å². The minimum absolute atomic E-state index is 0. The van der Waals surface area contributed by atoms with Gasteiger partial charge in [0.15, 0.2) is 0 Å². The van der Waals surface area contributed by atoms with E-state index in [0.717, 1.165) is 0 Å². The molecular formula is C28H34Cl2Si2Ti. The molecule has 2 atom stereocenters. The van der Waals surface area contributed by atoms with Crippen LogP contribution in [0.2, 0.25) is 36.3 Å². The molecule has 0 amide bonds. The molecule has 0 aromatic heterocycles. The Kier molecular flexibility index (Phi) is 7.22. The topological polar surface area (TPSA) is 0 Å². The van der Waals surface area contributed by atoms with Gasteiger partial charge in [0.2, 0.25) is 0 Å². The van der Waals surface area contributed by atoms with Crippen LogP contribution >= 0.6 is 0 Å². The van der Waals surface area contributed by atoms with Crippen molar-refractivity contribution in [2.24, 2.45) is 0 Å². The first-order valence-corrected chi connectivity index (χ1v) is 19.3. The minimum atomic E-state index is -1.34. The Morgan fingerprint density at radius 1 is 0.667 bits per heavy atom. The molecule has 2 aliphatic heterocycles. The van der Waals surface area contributed by atoms with E-state index in [4.69, 9.17) is 0 Å². The van der Waals surface area contributed by atoms with Crippen molar-refractivity contribution in [2.75, 3.05) is 0 Å². The molecule has 0 nitrogen and oxygen atoms in total. The van der Waals surface area contributed by atoms with Crippen LogP contribution in [0.3, 0.4) is 0 Å². The summed E-state index contributed by atoms with van der Waals surface area (Å²) < 4.78 is 0.895. The zero-order chi connectivity index (χ0) is 21.2. The van der Waals surface area contributed by atoms with E-state index in [1.807, 2.05) is 0 Å². The van der Waals surface area contributed by atoms with E-state index in [0.29, 0.717) is 6.69 Å². The monoisotopic (exact) mass is 544 g/mol. The molecule has 6 rings (SSSR count). The molecule has 0 bridgehead atoms. The SMILES string of the molecule is CC[Si]1([C]2([Ti+2][C]3([Si]4(CC)CCC4)C=Cc4ccccc43)C=Cc3ccccc32)CCC1.[Cl-].[Cl-]. The molecular weight excluding hydrogens is 511 g/mol. The molecule has 0 saturated carbocycles. The molecule has 2 saturated heterocycles. The van der Waals surface area contributed by atoms with Crippen molar-refractivity contribution in [1.82, 2.24) is 0 Å². The molecule has 2 aromatic carbocycles.